The first-order valence-corrected chi connectivity index (χ1v) is 9.35. The Bertz CT molecular complexity index is 1060. The Morgan fingerprint density at radius 3 is 2.29 bits per heavy atom. The summed E-state index contributed by atoms with van der Waals surface area (Å²) in [5.41, 5.74) is 1.76. The summed E-state index contributed by atoms with van der Waals surface area (Å²) >= 11 is 6.28. The van der Waals surface area contributed by atoms with E-state index in [1.807, 2.05) is 19.1 Å². The molecule has 0 aliphatic rings. The van der Waals surface area contributed by atoms with Gasteiger partial charge in [0, 0.05) is 15.8 Å². The number of halogens is 1. The van der Waals surface area contributed by atoms with E-state index in [0.29, 0.717) is 21.5 Å². The van der Waals surface area contributed by atoms with Gasteiger partial charge in [0.1, 0.15) is 6.07 Å². The van der Waals surface area contributed by atoms with Gasteiger partial charge in [0.15, 0.2) is 9.84 Å². The molecule has 0 N–H and O–H groups in total. The average Bonchev–Trinajstić information content (AvgIpc) is 2.55. The molecule has 5 heteroatoms. The number of hydrogen-bond donors (Lipinski definition) is 0. The van der Waals surface area contributed by atoms with Gasteiger partial charge in [0.05, 0.1) is 16.2 Å². The van der Waals surface area contributed by atoms with Gasteiger partial charge in [-0.05, 0) is 30.7 Å². The fourth-order valence-corrected chi connectivity index (χ4v) is 4.32. The van der Waals surface area contributed by atoms with E-state index < -0.39 is 9.84 Å². The number of benzene rings is 3. The van der Waals surface area contributed by atoms with E-state index in [4.69, 9.17) is 11.6 Å². The Hall–Kier alpha value is -2.35. The number of sulfone groups is 1. The van der Waals surface area contributed by atoms with Crippen LogP contribution in [0.2, 0.25) is 5.02 Å². The Kier molecular flexibility index (Phi) is 4.31. The van der Waals surface area contributed by atoms with E-state index in [2.05, 4.69) is 6.07 Å². The lowest BCUT2D eigenvalue weighted by Crippen LogP contribution is -2.07. The molecule has 0 atom stereocenters. The molecule has 0 aliphatic carbocycles. The second-order valence-electron chi connectivity index (χ2n) is 5.62. The first kappa shape index (κ1) is 16.5. The minimum absolute atomic E-state index is 0.237. The van der Waals surface area contributed by atoms with Crippen LogP contribution in [0.4, 0.5) is 0 Å². The third-order valence-electron chi connectivity index (χ3n) is 3.91. The summed E-state index contributed by atoms with van der Waals surface area (Å²) in [6.07, 6.45) is 0. The van der Waals surface area contributed by atoms with Crippen LogP contribution in [0.25, 0.3) is 10.8 Å². The highest BCUT2D eigenvalue weighted by atomic mass is 35.5. The van der Waals surface area contributed by atoms with Crippen molar-refractivity contribution in [1.82, 2.24) is 0 Å². The lowest BCUT2D eigenvalue weighted by molar-refractivity contribution is 0.595. The van der Waals surface area contributed by atoms with Crippen LogP contribution < -0.4 is 0 Å². The molecule has 0 amide bonds. The summed E-state index contributed by atoms with van der Waals surface area (Å²) in [6, 6.07) is 17.6. The van der Waals surface area contributed by atoms with Crippen molar-refractivity contribution in [2.45, 2.75) is 17.6 Å². The second-order valence-corrected chi connectivity index (χ2v) is 8.02. The monoisotopic (exact) mass is 355 g/mol. The molecule has 0 aliphatic heterocycles. The molecule has 0 radical (unpaired) electrons. The first-order chi connectivity index (χ1) is 11.4. The maximum atomic E-state index is 12.7. The van der Waals surface area contributed by atoms with Gasteiger partial charge in [-0.1, -0.05) is 53.6 Å². The van der Waals surface area contributed by atoms with E-state index in [-0.39, 0.29) is 10.6 Å². The second kappa shape index (κ2) is 6.27. The first-order valence-electron chi connectivity index (χ1n) is 7.32. The van der Waals surface area contributed by atoms with Crippen LogP contribution in [0.15, 0.2) is 59.5 Å². The van der Waals surface area contributed by atoms with Crippen molar-refractivity contribution >= 4 is 32.2 Å². The standard InChI is InChI=1S/C19H14ClNO2S/c1-13-6-8-15(9-7-13)24(22,23)12-14-10-19(20)17-5-3-2-4-16(17)18(14)11-21/h2-10H,12H2,1H3. The number of hydrogen-bond acceptors (Lipinski definition) is 3. The Labute approximate surface area is 146 Å². The quantitative estimate of drug-likeness (QED) is 0.687. The van der Waals surface area contributed by atoms with Crippen molar-refractivity contribution in [3.05, 3.63) is 76.3 Å². The highest BCUT2D eigenvalue weighted by molar-refractivity contribution is 7.90. The molecule has 0 saturated heterocycles. The molecule has 3 nitrogen and oxygen atoms in total. The van der Waals surface area contributed by atoms with E-state index in [1.54, 1.807) is 42.5 Å². The summed E-state index contributed by atoms with van der Waals surface area (Å²) in [5.74, 6) is -0.260. The molecule has 3 aromatic carbocycles. The Morgan fingerprint density at radius 1 is 1.04 bits per heavy atom. The maximum absolute atomic E-state index is 12.7. The lowest BCUT2D eigenvalue weighted by atomic mass is 10.0. The van der Waals surface area contributed by atoms with Crippen molar-refractivity contribution < 1.29 is 8.42 Å². The highest BCUT2D eigenvalue weighted by Gasteiger charge is 2.20. The molecule has 0 bridgehead atoms. The van der Waals surface area contributed by atoms with Crippen LogP contribution in [0.3, 0.4) is 0 Å². The van der Waals surface area contributed by atoms with Gasteiger partial charge in [0.25, 0.3) is 0 Å². The van der Waals surface area contributed by atoms with Gasteiger partial charge >= 0.3 is 0 Å². The average molecular weight is 356 g/mol. The highest BCUT2D eigenvalue weighted by Crippen LogP contribution is 2.31. The number of rotatable bonds is 3. The molecular formula is C19H14ClNO2S. The number of fused-ring (bicyclic) bond motifs is 1. The summed E-state index contributed by atoms with van der Waals surface area (Å²) < 4.78 is 25.4. The van der Waals surface area contributed by atoms with Gasteiger partial charge in [-0.3, -0.25) is 0 Å². The van der Waals surface area contributed by atoms with E-state index in [1.165, 1.54) is 0 Å². The molecule has 0 aromatic heterocycles. The van der Waals surface area contributed by atoms with Crippen LogP contribution in [0.1, 0.15) is 16.7 Å². The summed E-state index contributed by atoms with van der Waals surface area (Å²) in [4.78, 5) is 0.237. The molecule has 24 heavy (non-hydrogen) atoms. The van der Waals surface area contributed by atoms with Crippen LogP contribution in [-0.2, 0) is 15.6 Å². The topological polar surface area (TPSA) is 57.9 Å². The molecule has 3 rings (SSSR count). The molecule has 0 fully saturated rings. The van der Waals surface area contributed by atoms with Gasteiger partial charge in [-0.15, -0.1) is 0 Å². The molecular weight excluding hydrogens is 342 g/mol. The van der Waals surface area contributed by atoms with Gasteiger partial charge < -0.3 is 0 Å². The largest absolute Gasteiger partial charge is 0.223 e. The molecule has 0 spiro atoms. The molecule has 3 aromatic rings. The minimum Gasteiger partial charge on any atom is -0.223 e. The number of nitrogens with zero attached hydrogens (tertiary/aromatic N) is 1. The van der Waals surface area contributed by atoms with Crippen molar-refractivity contribution in [2.75, 3.05) is 0 Å². The van der Waals surface area contributed by atoms with Gasteiger partial charge in [0.2, 0.25) is 0 Å². The normalized spacial score (nSPS) is 11.4. The molecule has 0 unspecified atom stereocenters. The summed E-state index contributed by atoms with van der Waals surface area (Å²) in [5, 5.41) is 11.4. The molecule has 0 saturated carbocycles. The zero-order valence-corrected chi connectivity index (χ0v) is 14.5. The van der Waals surface area contributed by atoms with Crippen LogP contribution >= 0.6 is 11.6 Å². The van der Waals surface area contributed by atoms with Crippen LogP contribution in [0, 0.1) is 18.3 Å². The fourth-order valence-electron chi connectivity index (χ4n) is 2.66. The zero-order valence-electron chi connectivity index (χ0n) is 13.0. The predicted octanol–water partition coefficient (Wildman–Crippen LogP) is 4.65. The van der Waals surface area contributed by atoms with E-state index in [9.17, 15) is 13.7 Å². The SMILES string of the molecule is Cc1ccc(S(=O)(=O)Cc2cc(Cl)c3ccccc3c2C#N)cc1. The lowest BCUT2D eigenvalue weighted by Gasteiger charge is -2.10. The third-order valence-corrected chi connectivity index (χ3v) is 5.91. The maximum Gasteiger partial charge on any atom is 0.182 e. The zero-order chi connectivity index (χ0) is 17.3. The van der Waals surface area contributed by atoms with Gasteiger partial charge in [-0.25, -0.2) is 8.42 Å². The van der Waals surface area contributed by atoms with E-state index in [0.717, 1.165) is 10.9 Å². The predicted molar refractivity (Wildman–Crippen MR) is 95.7 cm³/mol. The Balaban J connectivity index is 2.13. The minimum atomic E-state index is -3.56. The van der Waals surface area contributed by atoms with Crippen molar-refractivity contribution in [1.29, 1.82) is 5.26 Å². The summed E-state index contributed by atoms with van der Waals surface area (Å²) in [7, 11) is -3.56. The third kappa shape index (κ3) is 3.01. The fraction of sp³-hybridized carbons (Fsp3) is 0.105. The van der Waals surface area contributed by atoms with Crippen molar-refractivity contribution in [3.8, 4) is 6.07 Å². The van der Waals surface area contributed by atoms with Crippen LogP contribution in [-0.4, -0.2) is 8.42 Å². The smallest absolute Gasteiger partial charge is 0.182 e. The number of nitriles is 1. The van der Waals surface area contributed by atoms with Crippen molar-refractivity contribution in [3.63, 3.8) is 0 Å². The Morgan fingerprint density at radius 2 is 1.67 bits per heavy atom. The van der Waals surface area contributed by atoms with Crippen LogP contribution in [0.5, 0.6) is 0 Å². The summed E-state index contributed by atoms with van der Waals surface area (Å²) in [6.45, 7) is 1.90. The molecule has 120 valence electrons. The molecule has 0 heterocycles. The van der Waals surface area contributed by atoms with Gasteiger partial charge in [-0.2, -0.15) is 5.26 Å². The number of aryl methyl sites for hydroxylation is 1. The van der Waals surface area contributed by atoms with Crippen molar-refractivity contribution in [2.24, 2.45) is 0 Å². The van der Waals surface area contributed by atoms with E-state index >= 15 is 0 Å².